The van der Waals surface area contributed by atoms with E-state index in [0.29, 0.717) is 12.0 Å². The largest absolute Gasteiger partial charge is 0.497 e. The first-order chi connectivity index (χ1) is 9.26. The lowest BCUT2D eigenvalue weighted by molar-refractivity contribution is 0.415. The van der Waals surface area contributed by atoms with Gasteiger partial charge >= 0.3 is 0 Å². The summed E-state index contributed by atoms with van der Waals surface area (Å²) < 4.78 is 5.21. The van der Waals surface area contributed by atoms with Gasteiger partial charge in [0.15, 0.2) is 0 Å². The Balaban J connectivity index is 0.00000147. The minimum atomic E-state index is 0. The van der Waals surface area contributed by atoms with Crippen LogP contribution in [0.4, 0.5) is 11.4 Å². The molecule has 0 spiro atoms. The standard InChI is InChI=1S/C16H18N2O.ClH/c1-19-14-4-2-3-13(9-14)18-12-7-5-11(6-8-12)15-10-16(15)17;/h2-9,15-16,18H,10,17H2,1H3;1H. The van der Waals surface area contributed by atoms with Crippen molar-refractivity contribution in [1.29, 1.82) is 0 Å². The normalized spacial score (nSPS) is 19.9. The molecule has 0 heterocycles. The summed E-state index contributed by atoms with van der Waals surface area (Å²) in [5, 5.41) is 3.37. The molecular formula is C16H19ClN2O. The highest BCUT2D eigenvalue weighted by Crippen LogP contribution is 2.39. The summed E-state index contributed by atoms with van der Waals surface area (Å²) in [6.07, 6.45) is 1.11. The number of nitrogens with two attached hydrogens (primary N) is 1. The Morgan fingerprint density at radius 1 is 1.10 bits per heavy atom. The lowest BCUT2D eigenvalue weighted by Gasteiger charge is -2.09. The zero-order valence-corrected chi connectivity index (χ0v) is 12.2. The highest BCUT2D eigenvalue weighted by Gasteiger charge is 2.34. The minimum Gasteiger partial charge on any atom is -0.497 e. The van der Waals surface area contributed by atoms with E-state index < -0.39 is 0 Å². The summed E-state index contributed by atoms with van der Waals surface area (Å²) in [4.78, 5) is 0. The quantitative estimate of drug-likeness (QED) is 0.903. The smallest absolute Gasteiger partial charge is 0.120 e. The van der Waals surface area contributed by atoms with Gasteiger partial charge in [-0.2, -0.15) is 0 Å². The van der Waals surface area contributed by atoms with Crippen LogP contribution in [0.1, 0.15) is 17.9 Å². The molecule has 3 nitrogen and oxygen atoms in total. The molecule has 1 aliphatic rings. The predicted octanol–water partition coefficient (Wildman–Crippen LogP) is 3.68. The third kappa shape index (κ3) is 3.24. The van der Waals surface area contributed by atoms with Crippen molar-refractivity contribution < 1.29 is 4.74 Å². The van der Waals surface area contributed by atoms with Crippen molar-refractivity contribution in [2.45, 2.75) is 18.4 Å². The van der Waals surface area contributed by atoms with Gasteiger partial charge in [0.1, 0.15) is 5.75 Å². The maximum absolute atomic E-state index is 5.86. The van der Waals surface area contributed by atoms with Crippen LogP contribution in [0.15, 0.2) is 48.5 Å². The van der Waals surface area contributed by atoms with Crippen LogP contribution < -0.4 is 15.8 Å². The number of nitrogens with one attached hydrogen (secondary N) is 1. The third-order valence-electron chi connectivity index (χ3n) is 3.54. The molecule has 0 aromatic heterocycles. The fourth-order valence-electron chi connectivity index (χ4n) is 2.28. The average Bonchev–Trinajstić information content (AvgIpc) is 3.17. The van der Waals surface area contributed by atoms with Crippen molar-refractivity contribution in [3.8, 4) is 5.75 Å². The van der Waals surface area contributed by atoms with Crippen molar-refractivity contribution in [2.24, 2.45) is 5.73 Å². The van der Waals surface area contributed by atoms with Crippen molar-refractivity contribution in [3.05, 3.63) is 54.1 Å². The van der Waals surface area contributed by atoms with Gasteiger partial charge in [-0.15, -0.1) is 12.4 Å². The van der Waals surface area contributed by atoms with Gasteiger partial charge in [-0.3, -0.25) is 0 Å². The van der Waals surface area contributed by atoms with Gasteiger partial charge in [0.2, 0.25) is 0 Å². The molecule has 4 heteroatoms. The van der Waals surface area contributed by atoms with Crippen LogP contribution in [0.5, 0.6) is 5.75 Å². The van der Waals surface area contributed by atoms with Crippen molar-refractivity contribution in [1.82, 2.24) is 0 Å². The number of hydrogen-bond acceptors (Lipinski definition) is 3. The molecule has 1 fully saturated rings. The number of halogens is 1. The Hall–Kier alpha value is -1.71. The lowest BCUT2D eigenvalue weighted by Crippen LogP contribution is -2.00. The highest BCUT2D eigenvalue weighted by molar-refractivity contribution is 5.85. The Labute approximate surface area is 125 Å². The SMILES string of the molecule is COc1cccc(Nc2ccc(C3CC3N)cc2)c1.Cl. The number of anilines is 2. The molecule has 0 radical (unpaired) electrons. The van der Waals surface area contributed by atoms with Crippen LogP contribution in [-0.2, 0) is 0 Å². The molecule has 2 unspecified atom stereocenters. The van der Waals surface area contributed by atoms with E-state index in [2.05, 4.69) is 29.6 Å². The summed E-state index contributed by atoms with van der Waals surface area (Å²) >= 11 is 0. The maximum Gasteiger partial charge on any atom is 0.120 e. The highest BCUT2D eigenvalue weighted by atomic mass is 35.5. The summed E-state index contributed by atoms with van der Waals surface area (Å²) in [5.74, 6) is 1.41. The third-order valence-corrected chi connectivity index (χ3v) is 3.54. The zero-order valence-electron chi connectivity index (χ0n) is 11.4. The first kappa shape index (κ1) is 14.7. The Bertz CT molecular complexity index is 571. The van der Waals surface area contributed by atoms with E-state index in [1.54, 1.807) is 7.11 Å². The first-order valence-corrected chi connectivity index (χ1v) is 6.53. The van der Waals surface area contributed by atoms with Gasteiger partial charge in [0.05, 0.1) is 7.11 Å². The second-order valence-corrected chi connectivity index (χ2v) is 4.99. The summed E-state index contributed by atoms with van der Waals surface area (Å²) in [6, 6.07) is 16.8. The second-order valence-electron chi connectivity index (χ2n) is 4.99. The lowest BCUT2D eigenvalue weighted by atomic mass is 10.1. The van der Waals surface area contributed by atoms with Gasteiger partial charge < -0.3 is 15.8 Å². The number of rotatable bonds is 4. The van der Waals surface area contributed by atoms with Crippen molar-refractivity contribution in [3.63, 3.8) is 0 Å². The van der Waals surface area contributed by atoms with Crippen LogP contribution in [0, 0.1) is 0 Å². The predicted molar refractivity (Wildman–Crippen MR) is 85.3 cm³/mol. The van der Waals surface area contributed by atoms with Crippen LogP contribution >= 0.6 is 12.4 Å². The molecule has 20 heavy (non-hydrogen) atoms. The van der Waals surface area contributed by atoms with E-state index in [0.717, 1.165) is 23.5 Å². The van der Waals surface area contributed by atoms with Crippen LogP contribution in [-0.4, -0.2) is 13.2 Å². The molecule has 1 saturated carbocycles. The van der Waals surface area contributed by atoms with E-state index in [-0.39, 0.29) is 12.4 Å². The fourth-order valence-corrected chi connectivity index (χ4v) is 2.28. The van der Waals surface area contributed by atoms with E-state index in [9.17, 15) is 0 Å². The molecule has 3 rings (SSSR count). The molecule has 2 aromatic rings. The Morgan fingerprint density at radius 3 is 2.40 bits per heavy atom. The van der Waals surface area contributed by atoms with Gasteiger partial charge in [-0.05, 0) is 36.2 Å². The van der Waals surface area contributed by atoms with Gasteiger partial charge in [0.25, 0.3) is 0 Å². The van der Waals surface area contributed by atoms with Gasteiger partial charge in [-0.25, -0.2) is 0 Å². The van der Waals surface area contributed by atoms with Crippen LogP contribution in [0.3, 0.4) is 0 Å². The molecule has 0 aliphatic heterocycles. The fraction of sp³-hybridized carbons (Fsp3) is 0.250. The number of ether oxygens (including phenoxy) is 1. The number of hydrogen-bond donors (Lipinski definition) is 2. The zero-order chi connectivity index (χ0) is 13.2. The molecule has 2 atom stereocenters. The summed E-state index contributed by atoms with van der Waals surface area (Å²) in [7, 11) is 1.67. The minimum absolute atomic E-state index is 0. The van der Waals surface area contributed by atoms with Gasteiger partial charge in [-0.1, -0.05) is 18.2 Å². The molecule has 2 aromatic carbocycles. The van der Waals surface area contributed by atoms with Crippen molar-refractivity contribution in [2.75, 3.05) is 12.4 Å². The monoisotopic (exact) mass is 290 g/mol. The summed E-state index contributed by atoms with van der Waals surface area (Å²) in [5.41, 5.74) is 9.30. The Kier molecular flexibility index (Phi) is 4.53. The molecule has 0 amide bonds. The molecule has 3 N–H and O–H groups in total. The molecular weight excluding hydrogens is 272 g/mol. The number of benzene rings is 2. The first-order valence-electron chi connectivity index (χ1n) is 6.53. The van der Waals surface area contributed by atoms with Gasteiger partial charge in [0, 0.05) is 29.4 Å². The average molecular weight is 291 g/mol. The van der Waals surface area contributed by atoms with Crippen LogP contribution in [0.2, 0.25) is 0 Å². The second kappa shape index (κ2) is 6.16. The summed E-state index contributed by atoms with van der Waals surface area (Å²) in [6.45, 7) is 0. The van der Waals surface area contributed by atoms with E-state index in [1.807, 2.05) is 24.3 Å². The Morgan fingerprint density at radius 2 is 1.80 bits per heavy atom. The maximum atomic E-state index is 5.86. The van der Waals surface area contributed by atoms with Crippen LogP contribution in [0.25, 0.3) is 0 Å². The van der Waals surface area contributed by atoms with Crippen molar-refractivity contribution >= 4 is 23.8 Å². The van der Waals surface area contributed by atoms with E-state index >= 15 is 0 Å². The van der Waals surface area contributed by atoms with E-state index in [4.69, 9.17) is 10.5 Å². The number of methoxy groups -OCH3 is 1. The van der Waals surface area contributed by atoms with E-state index in [1.165, 1.54) is 5.56 Å². The molecule has 1 aliphatic carbocycles. The molecule has 106 valence electrons. The molecule has 0 saturated heterocycles. The molecule has 0 bridgehead atoms. The topological polar surface area (TPSA) is 47.3 Å².